The largest absolute Gasteiger partial charge is 0.493 e. The number of Topliss-reactive ketones (excluding diaryl/α,β-unsaturated/α-hetero) is 1. The first-order chi connectivity index (χ1) is 14.8. The number of rotatable bonds is 5. The highest BCUT2D eigenvalue weighted by Crippen LogP contribution is 2.41. The number of methoxy groups -OCH3 is 1. The second-order valence-corrected chi connectivity index (χ2v) is 7.98. The van der Waals surface area contributed by atoms with Gasteiger partial charge in [-0.3, -0.25) is 4.79 Å². The molecular weight excluding hydrogens is 400 g/mol. The molecule has 1 heterocycles. The molecule has 0 spiro atoms. The summed E-state index contributed by atoms with van der Waals surface area (Å²) < 4.78 is 22.3. The van der Waals surface area contributed by atoms with Gasteiger partial charge in [0.05, 0.1) is 7.11 Å². The molecule has 0 fully saturated rings. The normalized spacial score (nSPS) is 16.6. The summed E-state index contributed by atoms with van der Waals surface area (Å²) in [6.45, 7) is 3.91. The minimum atomic E-state index is -1.35. The van der Waals surface area contributed by atoms with Gasteiger partial charge in [-0.2, -0.15) is 0 Å². The second-order valence-electron chi connectivity index (χ2n) is 7.98. The Balaban J connectivity index is 1.61. The number of carbonyl (C=O) groups excluding carboxylic acids is 1. The van der Waals surface area contributed by atoms with Gasteiger partial charge in [-0.15, -0.1) is 0 Å². The third-order valence-corrected chi connectivity index (χ3v) is 5.36. The van der Waals surface area contributed by atoms with Gasteiger partial charge in [-0.05, 0) is 74.2 Å². The van der Waals surface area contributed by atoms with Crippen LogP contribution in [0.2, 0.25) is 0 Å². The van der Waals surface area contributed by atoms with Crippen LogP contribution in [-0.4, -0.2) is 42.8 Å². The van der Waals surface area contributed by atoms with E-state index in [-0.39, 0.29) is 5.78 Å². The van der Waals surface area contributed by atoms with Crippen LogP contribution in [0.5, 0.6) is 23.0 Å². The van der Waals surface area contributed by atoms with Gasteiger partial charge in [0.1, 0.15) is 19.0 Å². The second kappa shape index (κ2) is 7.98. The molecule has 0 aromatic heterocycles. The number of aryl methyl sites for hydroxylation is 1. The molecule has 7 heteroatoms. The van der Waals surface area contributed by atoms with Crippen LogP contribution in [0.3, 0.4) is 0 Å². The molecule has 2 aromatic rings. The van der Waals surface area contributed by atoms with Crippen molar-refractivity contribution in [1.29, 1.82) is 0 Å². The average molecular weight is 424 g/mol. The third-order valence-electron chi connectivity index (χ3n) is 5.36. The summed E-state index contributed by atoms with van der Waals surface area (Å²) in [5.74, 6) is 1.07. The first-order valence-electron chi connectivity index (χ1n) is 10.1. The Bertz CT molecular complexity index is 1060. The summed E-state index contributed by atoms with van der Waals surface area (Å²) in [6.07, 6.45) is 3.07. The van der Waals surface area contributed by atoms with Crippen molar-refractivity contribution < 1.29 is 33.6 Å². The van der Waals surface area contributed by atoms with Crippen LogP contribution in [0.15, 0.2) is 35.9 Å². The number of carboxylic acid groups (broad SMARTS) is 1. The van der Waals surface area contributed by atoms with Crippen molar-refractivity contribution in [1.82, 2.24) is 0 Å². The standard InChI is InChI=1S/C24H24O7/c1-24(2,23(26)27)31-17-6-7-18-15(13-17)4-5-16(21(18)25)10-14-11-19(28-3)22-20(12-14)29-8-9-30-22/h6-7,10-13H,4-5,8-9H2,1-3H3,(H,26,27)/b16-10+. The van der Waals surface area contributed by atoms with Gasteiger partial charge in [-0.1, -0.05) is 0 Å². The molecule has 31 heavy (non-hydrogen) atoms. The van der Waals surface area contributed by atoms with Crippen LogP contribution in [-0.2, 0) is 11.2 Å². The van der Waals surface area contributed by atoms with Crippen LogP contribution >= 0.6 is 0 Å². The molecule has 0 unspecified atom stereocenters. The Morgan fingerprint density at radius 3 is 2.65 bits per heavy atom. The molecule has 0 amide bonds. The van der Waals surface area contributed by atoms with Crippen LogP contribution in [0, 0.1) is 0 Å². The Labute approximate surface area is 180 Å². The van der Waals surface area contributed by atoms with Gasteiger partial charge in [-0.25, -0.2) is 4.79 Å². The lowest BCUT2D eigenvalue weighted by molar-refractivity contribution is -0.152. The molecule has 0 radical (unpaired) electrons. The monoisotopic (exact) mass is 424 g/mol. The number of allylic oxidation sites excluding steroid dienone is 1. The topological polar surface area (TPSA) is 91.3 Å². The van der Waals surface area contributed by atoms with Crippen molar-refractivity contribution in [3.63, 3.8) is 0 Å². The van der Waals surface area contributed by atoms with E-state index in [1.165, 1.54) is 13.8 Å². The predicted molar refractivity (Wildman–Crippen MR) is 113 cm³/mol. The maximum absolute atomic E-state index is 13.1. The molecule has 2 aromatic carbocycles. The van der Waals surface area contributed by atoms with Gasteiger partial charge < -0.3 is 24.1 Å². The van der Waals surface area contributed by atoms with Crippen molar-refractivity contribution >= 4 is 17.8 Å². The molecule has 0 saturated heterocycles. The minimum Gasteiger partial charge on any atom is -0.493 e. The van der Waals surface area contributed by atoms with E-state index in [2.05, 4.69) is 0 Å². The highest BCUT2D eigenvalue weighted by molar-refractivity contribution is 6.13. The smallest absolute Gasteiger partial charge is 0.347 e. The zero-order valence-corrected chi connectivity index (χ0v) is 17.7. The molecule has 1 aliphatic heterocycles. The van der Waals surface area contributed by atoms with E-state index in [0.717, 1.165) is 11.1 Å². The molecule has 7 nitrogen and oxygen atoms in total. The van der Waals surface area contributed by atoms with E-state index < -0.39 is 11.6 Å². The highest BCUT2D eigenvalue weighted by atomic mass is 16.6. The Hall–Kier alpha value is -3.48. The summed E-state index contributed by atoms with van der Waals surface area (Å²) in [5.41, 5.74) is 1.58. The fourth-order valence-corrected chi connectivity index (χ4v) is 3.67. The average Bonchev–Trinajstić information content (AvgIpc) is 2.74. The lowest BCUT2D eigenvalue weighted by atomic mass is 9.86. The van der Waals surface area contributed by atoms with Crippen LogP contribution in [0.1, 0.15) is 41.8 Å². The fraction of sp³-hybridized carbons (Fsp3) is 0.333. The van der Waals surface area contributed by atoms with Crippen molar-refractivity contribution in [2.45, 2.75) is 32.3 Å². The number of benzene rings is 2. The van der Waals surface area contributed by atoms with Crippen LogP contribution < -0.4 is 18.9 Å². The molecule has 162 valence electrons. The zero-order valence-electron chi connectivity index (χ0n) is 17.7. The summed E-state index contributed by atoms with van der Waals surface area (Å²) in [6, 6.07) is 8.76. The van der Waals surface area contributed by atoms with Crippen molar-refractivity contribution in [3.8, 4) is 23.0 Å². The van der Waals surface area contributed by atoms with Gasteiger partial charge in [0.2, 0.25) is 5.75 Å². The van der Waals surface area contributed by atoms with Gasteiger partial charge in [0.15, 0.2) is 22.9 Å². The summed E-state index contributed by atoms with van der Waals surface area (Å²) in [5, 5.41) is 9.26. The molecular formula is C24H24O7. The Morgan fingerprint density at radius 1 is 1.13 bits per heavy atom. The maximum Gasteiger partial charge on any atom is 0.347 e. The van der Waals surface area contributed by atoms with Crippen molar-refractivity contribution in [2.75, 3.05) is 20.3 Å². The van der Waals surface area contributed by atoms with Gasteiger partial charge in [0, 0.05) is 11.1 Å². The number of fused-ring (bicyclic) bond motifs is 2. The zero-order chi connectivity index (χ0) is 22.2. The van der Waals surface area contributed by atoms with E-state index in [1.54, 1.807) is 25.3 Å². The fourth-order valence-electron chi connectivity index (χ4n) is 3.67. The SMILES string of the molecule is COc1cc(/C=C2\CCc3cc(OC(C)(C)C(=O)O)ccc3C2=O)cc2c1OCCO2. The number of carboxylic acids is 1. The minimum absolute atomic E-state index is 0.0563. The van der Waals surface area contributed by atoms with Gasteiger partial charge in [0.25, 0.3) is 0 Å². The molecule has 0 bridgehead atoms. The van der Waals surface area contributed by atoms with E-state index in [9.17, 15) is 14.7 Å². The predicted octanol–water partition coefficient (Wildman–Crippen LogP) is 3.92. The molecule has 1 aliphatic carbocycles. The van der Waals surface area contributed by atoms with E-state index in [0.29, 0.717) is 60.2 Å². The highest BCUT2D eigenvalue weighted by Gasteiger charge is 2.30. The molecule has 0 atom stereocenters. The van der Waals surface area contributed by atoms with Crippen LogP contribution in [0.25, 0.3) is 6.08 Å². The summed E-state index contributed by atoms with van der Waals surface area (Å²) in [7, 11) is 1.57. The lowest BCUT2D eigenvalue weighted by Gasteiger charge is -2.24. The lowest BCUT2D eigenvalue weighted by Crippen LogP contribution is -2.37. The number of hydrogen-bond acceptors (Lipinski definition) is 6. The van der Waals surface area contributed by atoms with Crippen LogP contribution in [0.4, 0.5) is 0 Å². The first-order valence-corrected chi connectivity index (χ1v) is 10.1. The van der Waals surface area contributed by atoms with Crippen molar-refractivity contribution in [3.05, 3.63) is 52.6 Å². The number of ketones is 1. The number of aliphatic carboxylic acids is 1. The van der Waals surface area contributed by atoms with Gasteiger partial charge >= 0.3 is 5.97 Å². The molecule has 4 rings (SSSR count). The molecule has 2 aliphatic rings. The summed E-state index contributed by atoms with van der Waals surface area (Å²) in [4.78, 5) is 24.4. The van der Waals surface area contributed by atoms with Crippen molar-refractivity contribution in [2.24, 2.45) is 0 Å². The number of carbonyl (C=O) groups is 2. The molecule has 1 N–H and O–H groups in total. The summed E-state index contributed by atoms with van der Waals surface area (Å²) >= 11 is 0. The maximum atomic E-state index is 13.1. The van der Waals surface area contributed by atoms with E-state index in [1.807, 2.05) is 18.2 Å². The quantitative estimate of drug-likeness (QED) is 0.728. The molecule has 0 saturated carbocycles. The third kappa shape index (κ3) is 4.08. The van der Waals surface area contributed by atoms with E-state index in [4.69, 9.17) is 18.9 Å². The Kier molecular flexibility index (Phi) is 5.35. The number of hydrogen-bond donors (Lipinski definition) is 1. The van der Waals surface area contributed by atoms with E-state index >= 15 is 0 Å². The first kappa shape index (κ1) is 20.8. The Morgan fingerprint density at radius 2 is 1.90 bits per heavy atom. The number of ether oxygens (including phenoxy) is 4.